The van der Waals surface area contributed by atoms with Crippen molar-refractivity contribution in [2.24, 2.45) is 0 Å². The van der Waals surface area contributed by atoms with E-state index in [2.05, 4.69) is 9.47 Å². The first kappa shape index (κ1) is 17.9. The Kier molecular flexibility index (Phi) is 4.56. The summed E-state index contributed by atoms with van der Waals surface area (Å²) in [5, 5.41) is 12.2. The Labute approximate surface area is 166 Å². The van der Waals surface area contributed by atoms with Crippen LogP contribution in [0.2, 0.25) is 15.1 Å². The third kappa shape index (κ3) is 2.67. The zero-order chi connectivity index (χ0) is 18.6. The molecule has 1 aliphatic heterocycles. The van der Waals surface area contributed by atoms with Crippen LogP contribution >= 0.6 is 34.8 Å². The maximum atomic E-state index is 10.4. The van der Waals surface area contributed by atoms with Crippen LogP contribution in [0.15, 0.2) is 24.3 Å². The number of hydrogen-bond donors (Lipinski definition) is 1. The average molecular weight is 411 g/mol. The molecule has 0 amide bonds. The van der Waals surface area contributed by atoms with Gasteiger partial charge in [-0.1, -0.05) is 47.8 Å². The van der Waals surface area contributed by atoms with Crippen LogP contribution in [0.3, 0.4) is 0 Å². The fraction of sp³-hybridized carbons (Fsp3) is 0.316. The molecule has 1 N–H and O–H groups in total. The number of hydrogen-bond acceptors (Lipinski definition) is 3. The molecular formula is C19H18Cl3N3O. The fourth-order valence-electron chi connectivity index (χ4n) is 3.68. The predicted octanol–water partition coefficient (Wildman–Crippen LogP) is 5.90. The Morgan fingerprint density at radius 2 is 1.92 bits per heavy atom. The van der Waals surface area contributed by atoms with E-state index in [1.165, 1.54) is 0 Å². The summed E-state index contributed by atoms with van der Waals surface area (Å²) in [5.41, 5.74) is 4.35. The van der Waals surface area contributed by atoms with Crippen LogP contribution in [-0.4, -0.2) is 21.2 Å². The van der Waals surface area contributed by atoms with E-state index in [4.69, 9.17) is 39.8 Å². The highest BCUT2D eigenvalue weighted by atomic mass is 35.5. The van der Waals surface area contributed by atoms with Crippen LogP contribution in [-0.2, 0) is 6.54 Å². The van der Waals surface area contributed by atoms with Crippen LogP contribution in [0.4, 0.5) is 11.6 Å². The van der Waals surface area contributed by atoms with Crippen LogP contribution in [0.1, 0.15) is 30.6 Å². The summed E-state index contributed by atoms with van der Waals surface area (Å²) in [7, 11) is 0. The molecule has 0 spiro atoms. The summed E-state index contributed by atoms with van der Waals surface area (Å²) in [6, 6.07) is 7.33. The molecule has 1 atom stereocenters. The van der Waals surface area contributed by atoms with Gasteiger partial charge in [-0.3, -0.25) is 0 Å². The quantitative estimate of drug-likeness (QED) is 0.584. The second-order valence-electron chi connectivity index (χ2n) is 6.53. The Balaban J connectivity index is 1.94. The van der Waals surface area contributed by atoms with E-state index in [0.29, 0.717) is 27.0 Å². The number of anilines is 2. The Bertz CT molecular complexity index is 992. The second kappa shape index (κ2) is 6.61. The minimum Gasteiger partial charge on any atom is -0.388 e. The molecule has 1 unspecified atom stereocenters. The molecule has 4 nitrogen and oxygen atoms in total. The van der Waals surface area contributed by atoms with E-state index in [-0.39, 0.29) is 0 Å². The molecule has 0 aliphatic carbocycles. The van der Waals surface area contributed by atoms with E-state index in [9.17, 15) is 5.11 Å². The van der Waals surface area contributed by atoms with Crippen molar-refractivity contribution in [1.82, 2.24) is 9.55 Å². The van der Waals surface area contributed by atoms with Gasteiger partial charge < -0.3 is 14.6 Å². The lowest BCUT2D eigenvalue weighted by Crippen LogP contribution is -2.16. The summed E-state index contributed by atoms with van der Waals surface area (Å²) in [5.74, 6) is 0.782. The normalized spacial score (nSPS) is 14.9. The van der Waals surface area contributed by atoms with Crippen molar-refractivity contribution in [3.63, 3.8) is 0 Å². The highest BCUT2D eigenvalue weighted by Gasteiger charge is 2.30. The van der Waals surface area contributed by atoms with Gasteiger partial charge in [0, 0.05) is 23.7 Å². The van der Waals surface area contributed by atoms with Gasteiger partial charge >= 0.3 is 0 Å². The van der Waals surface area contributed by atoms with Crippen molar-refractivity contribution < 1.29 is 5.11 Å². The summed E-state index contributed by atoms with van der Waals surface area (Å²) in [6.45, 7) is 5.43. The van der Waals surface area contributed by atoms with Gasteiger partial charge in [0.15, 0.2) is 0 Å². The lowest BCUT2D eigenvalue weighted by Gasteiger charge is -2.20. The molecule has 0 bridgehead atoms. The molecule has 0 saturated heterocycles. The van der Waals surface area contributed by atoms with Crippen LogP contribution in [0.25, 0.3) is 11.0 Å². The minimum atomic E-state index is -0.550. The zero-order valence-corrected chi connectivity index (χ0v) is 16.7. The molecule has 0 radical (unpaired) electrons. The SMILES string of the molecule is CCC(O)c1ccc(Cl)c2nc3n(c12)CCN3c1c(C)cc(Cl)cc1Cl. The maximum absolute atomic E-state index is 10.4. The van der Waals surface area contributed by atoms with Gasteiger partial charge in [0.2, 0.25) is 5.95 Å². The molecule has 0 fully saturated rings. The molecule has 4 rings (SSSR count). The summed E-state index contributed by atoms with van der Waals surface area (Å²) in [6.07, 6.45) is 0.0776. The summed E-state index contributed by atoms with van der Waals surface area (Å²) in [4.78, 5) is 6.88. The van der Waals surface area contributed by atoms with Gasteiger partial charge in [-0.15, -0.1) is 0 Å². The van der Waals surface area contributed by atoms with Crippen molar-refractivity contribution in [3.05, 3.63) is 50.5 Å². The lowest BCUT2D eigenvalue weighted by molar-refractivity contribution is 0.175. The van der Waals surface area contributed by atoms with Gasteiger partial charge in [0.05, 0.1) is 27.4 Å². The molecule has 1 aliphatic rings. The van der Waals surface area contributed by atoms with E-state index >= 15 is 0 Å². The Morgan fingerprint density at radius 1 is 1.15 bits per heavy atom. The highest BCUT2D eigenvalue weighted by Crippen LogP contribution is 2.42. The first-order chi connectivity index (χ1) is 12.4. The molecule has 136 valence electrons. The lowest BCUT2D eigenvalue weighted by atomic mass is 10.1. The zero-order valence-electron chi connectivity index (χ0n) is 14.4. The molecule has 3 aromatic rings. The summed E-state index contributed by atoms with van der Waals surface area (Å²) >= 11 is 19.0. The highest BCUT2D eigenvalue weighted by molar-refractivity contribution is 6.37. The third-order valence-corrected chi connectivity index (χ3v) is 5.69. The number of halogens is 3. The predicted molar refractivity (Wildman–Crippen MR) is 108 cm³/mol. The molecule has 7 heteroatoms. The van der Waals surface area contributed by atoms with Crippen molar-refractivity contribution in [3.8, 4) is 0 Å². The number of benzene rings is 2. The third-order valence-electron chi connectivity index (χ3n) is 4.88. The van der Waals surface area contributed by atoms with Crippen molar-refractivity contribution >= 4 is 57.5 Å². The number of aromatic nitrogens is 2. The van der Waals surface area contributed by atoms with Crippen LogP contribution in [0, 0.1) is 6.92 Å². The fourth-order valence-corrected chi connectivity index (χ4v) is 4.57. The Morgan fingerprint density at radius 3 is 2.62 bits per heavy atom. The standard InChI is InChI=1S/C19H18Cl3N3O/c1-3-15(26)12-4-5-13(21)16-18(12)25-7-6-24(19(25)23-16)17-10(2)8-11(20)9-14(17)22/h4-5,8-9,15,26H,3,6-7H2,1-2H3. The average Bonchev–Trinajstić information content (AvgIpc) is 3.15. The molecule has 2 aromatic carbocycles. The van der Waals surface area contributed by atoms with Gasteiger partial charge in [-0.05, 0) is 37.1 Å². The van der Waals surface area contributed by atoms with Crippen molar-refractivity contribution in [2.45, 2.75) is 32.9 Å². The largest absolute Gasteiger partial charge is 0.388 e. The first-order valence-electron chi connectivity index (χ1n) is 8.52. The van der Waals surface area contributed by atoms with Crippen molar-refractivity contribution in [1.29, 1.82) is 0 Å². The second-order valence-corrected chi connectivity index (χ2v) is 7.78. The molecule has 0 saturated carbocycles. The number of rotatable bonds is 3. The first-order valence-corrected chi connectivity index (χ1v) is 9.65. The van der Waals surface area contributed by atoms with Gasteiger partial charge in [-0.25, -0.2) is 4.98 Å². The monoisotopic (exact) mass is 409 g/mol. The number of nitrogens with zero attached hydrogens (tertiary/aromatic N) is 3. The number of fused-ring (bicyclic) bond motifs is 3. The van der Waals surface area contributed by atoms with Crippen LogP contribution < -0.4 is 4.90 Å². The number of aliphatic hydroxyl groups is 1. The molecule has 2 heterocycles. The topological polar surface area (TPSA) is 41.3 Å². The van der Waals surface area contributed by atoms with Crippen LogP contribution in [0.5, 0.6) is 0 Å². The smallest absolute Gasteiger partial charge is 0.211 e. The van der Waals surface area contributed by atoms with E-state index in [1.54, 1.807) is 12.1 Å². The maximum Gasteiger partial charge on any atom is 0.211 e. The molecular weight excluding hydrogens is 393 g/mol. The van der Waals surface area contributed by atoms with Gasteiger partial charge in [0.1, 0.15) is 5.52 Å². The summed E-state index contributed by atoms with van der Waals surface area (Å²) < 4.78 is 2.11. The number of aryl methyl sites for hydroxylation is 1. The molecule has 1 aromatic heterocycles. The Hall–Kier alpha value is -1.46. The van der Waals surface area contributed by atoms with E-state index in [1.807, 2.05) is 26.0 Å². The van der Waals surface area contributed by atoms with Crippen molar-refractivity contribution in [2.75, 3.05) is 11.4 Å². The van der Waals surface area contributed by atoms with Gasteiger partial charge in [-0.2, -0.15) is 0 Å². The minimum absolute atomic E-state index is 0.550. The van der Waals surface area contributed by atoms with E-state index < -0.39 is 6.10 Å². The molecule has 26 heavy (non-hydrogen) atoms. The van der Waals surface area contributed by atoms with Gasteiger partial charge in [0.25, 0.3) is 0 Å². The van der Waals surface area contributed by atoms with E-state index in [0.717, 1.165) is 41.4 Å². The number of aliphatic hydroxyl groups excluding tert-OH is 1. The number of imidazole rings is 1.